The SMILES string of the molecule is CC(C)c1nn(-c2ccc3ccccc3n2)c(-c2ccc(F)cc2)c1/C=C/C(O)CC(=O)CC(=O)O. The van der Waals surface area contributed by atoms with Crippen molar-refractivity contribution in [1.82, 2.24) is 14.8 Å². The second-order valence-corrected chi connectivity index (χ2v) is 8.82. The van der Waals surface area contributed by atoms with E-state index in [1.54, 1.807) is 22.9 Å². The Morgan fingerprint density at radius 2 is 1.78 bits per heavy atom. The second kappa shape index (κ2) is 10.6. The van der Waals surface area contributed by atoms with Crippen LogP contribution in [-0.2, 0) is 9.59 Å². The molecule has 0 saturated carbocycles. The van der Waals surface area contributed by atoms with Gasteiger partial charge in [-0.15, -0.1) is 0 Å². The first kappa shape index (κ1) is 24.9. The van der Waals surface area contributed by atoms with Crippen LogP contribution >= 0.6 is 0 Å². The summed E-state index contributed by atoms with van der Waals surface area (Å²) < 4.78 is 15.4. The summed E-state index contributed by atoms with van der Waals surface area (Å²) in [6, 6.07) is 17.6. The molecule has 0 aliphatic heterocycles. The van der Waals surface area contributed by atoms with Gasteiger partial charge >= 0.3 is 5.97 Å². The average Bonchev–Trinajstić information content (AvgIpc) is 3.22. The van der Waals surface area contributed by atoms with Gasteiger partial charge in [0.1, 0.15) is 18.0 Å². The van der Waals surface area contributed by atoms with E-state index >= 15 is 0 Å². The highest BCUT2D eigenvalue weighted by Gasteiger charge is 2.22. The predicted molar refractivity (Wildman–Crippen MR) is 135 cm³/mol. The molecule has 8 heteroatoms. The molecule has 4 rings (SSSR count). The lowest BCUT2D eigenvalue weighted by atomic mass is 9.99. The number of carboxylic acid groups (broad SMARTS) is 1. The van der Waals surface area contributed by atoms with Crippen LogP contribution in [0.3, 0.4) is 0 Å². The van der Waals surface area contributed by atoms with E-state index in [1.165, 1.54) is 18.2 Å². The predicted octanol–water partition coefficient (Wildman–Crippen LogP) is 5.16. The Morgan fingerprint density at radius 3 is 2.47 bits per heavy atom. The summed E-state index contributed by atoms with van der Waals surface area (Å²) in [4.78, 5) is 27.4. The molecule has 0 spiro atoms. The lowest BCUT2D eigenvalue weighted by Crippen LogP contribution is -2.14. The number of para-hydroxylation sites is 1. The van der Waals surface area contributed by atoms with E-state index in [9.17, 15) is 19.1 Å². The van der Waals surface area contributed by atoms with Gasteiger partial charge in [-0.1, -0.05) is 44.2 Å². The Balaban J connectivity index is 1.84. The average molecular weight is 488 g/mol. The molecule has 0 radical (unpaired) electrons. The largest absolute Gasteiger partial charge is 0.481 e. The van der Waals surface area contributed by atoms with Gasteiger partial charge in [-0.05, 0) is 48.4 Å². The molecule has 4 aromatic rings. The number of halogens is 1. The maximum atomic E-state index is 13.7. The Kier molecular flexibility index (Phi) is 7.36. The molecule has 2 aromatic heterocycles. The van der Waals surface area contributed by atoms with Gasteiger partial charge in [0.2, 0.25) is 0 Å². The van der Waals surface area contributed by atoms with Crippen molar-refractivity contribution in [2.45, 2.75) is 38.7 Å². The zero-order valence-electron chi connectivity index (χ0n) is 19.9. The van der Waals surface area contributed by atoms with Gasteiger partial charge < -0.3 is 10.2 Å². The molecule has 0 bridgehead atoms. The normalized spacial score (nSPS) is 12.5. The summed E-state index contributed by atoms with van der Waals surface area (Å²) in [7, 11) is 0. The van der Waals surface area contributed by atoms with Crippen molar-refractivity contribution in [2.24, 2.45) is 0 Å². The van der Waals surface area contributed by atoms with Crippen LogP contribution in [0.5, 0.6) is 0 Å². The van der Waals surface area contributed by atoms with Gasteiger partial charge in [0.15, 0.2) is 5.82 Å². The number of rotatable bonds is 9. The van der Waals surface area contributed by atoms with E-state index < -0.39 is 24.3 Å². The number of benzene rings is 2. The molecule has 1 atom stereocenters. The van der Waals surface area contributed by atoms with Crippen LogP contribution in [0.1, 0.15) is 43.9 Å². The third kappa shape index (κ3) is 5.55. The van der Waals surface area contributed by atoms with Gasteiger partial charge in [0, 0.05) is 22.9 Å². The minimum atomic E-state index is -1.24. The number of carbonyl (C=O) groups is 2. The van der Waals surface area contributed by atoms with Gasteiger partial charge in [-0.3, -0.25) is 9.59 Å². The fourth-order valence-electron chi connectivity index (χ4n) is 4.01. The van der Waals surface area contributed by atoms with Crippen LogP contribution in [0.15, 0.2) is 66.7 Å². The number of fused-ring (bicyclic) bond motifs is 1. The molecule has 7 nitrogen and oxygen atoms in total. The Labute approximate surface area is 207 Å². The number of pyridine rings is 1. The van der Waals surface area contributed by atoms with Crippen LogP contribution in [0.4, 0.5) is 4.39 Å². The third-order valence-corrected chi connectivity index (χ3v) is 5.69. The van der Waals surface area contributed by atoms with Crippen molar-refractivity contribution in [3.8, 4) is 17.1 Å². The molecular formula is C28H26FN3O4. The van der Waals surface area contributed by atoms with Crippen molar-refractivity contribution in [2.75, 3.05) is 0 Å². The first-order valence-electron chi connectivity index (χ1n) is 11.6. The maximum Gasteiger partial charge on any atom is 0.310 e. The summed E-state index contributed by atoms with van der Waals surface area (Å²) in [5.41, 5.74) is 3.57. The molecule has 0 amide bonds. The van der Waals surface area contributed by atoms with E-state index in [0.29, 0.717) is 22.6 Å². The number of Topliss-reactive ketones (excluding diaryl/α,β-unsaturated/α-hetero) is 1. The number of aliphatic carboxylic acids is 1. The molecule has 0 aliphatic rings. The molecule has 184 valence electrons. The van der Waals surface area contributed by atoms with Crippen LogP contribution < -0.4 is 0 Å². The molecule has 0 fully saturated rings. The van der Waals surface area contributed by atoms with Crippen LogP contribution in [0.25, 0.3) is 34.1 Å². The molecule has 0 saturated heterocycles. The maximum absolute atomic E-state index is 13.7. The summed E-state index contributed by atoms with van der Waals surface area (Å²) in [5, 5.41) is 25.0. The number of nitrogens with zero attached hydrogens (tertiary/aromatic N) is 3. The van der Waals surface area contributed by atoms with Gasteiger partial charge in [-0.25, -0.2) is 14.1 Å². The van der Waals surface area contributed by atoms with Gasteiger partial charge in [0.25, 0.3) is 0 Å². The quantitative estimate of drug-likeness (QED) is 0.316. The smallest absolute Gasteiger partial charge is 0.310 e. The molecule has 0 aliphatic carbocycles. The van der Waals surface area contributed by atoms with Crippen molar-refractivity contribution >= 4 is 28.7 Å². The van der Waals surface area contributed by atoms with Crippen molar-refractivity contribution in [1.29, 1.82) is 0 Å². The van der Waals surface area contributed by atoms with Crippen LogP contribution in [0.2, 0.25) is 0 Å². The lowest BCUT2D eigenvalue weighted by molar-refractivity contribution is -0.140. The minimum Gasteiger partial charge on any atom is -0.481 e. The van der Waals surface area contributed by atoms with Crippen molar-refractivity contribution in [3.05, 3.63) is 83.8 Å². The summed E-state index contributed by atoms with van der Waals surface area (Å²) in [5.74, 6) is -1.61. The number of hydrogen-bond acceptors (Lipinski definition) is 5. The topological polar surface area (TPSA) is 105 Å². The highest BCUT2D eigenvalue weighted by Crippen LogP contribution is 2.34. The van der Waals surface area contributed by atoms with Crippen LogP contribution in [0, 0.1) is 5.82 Å². The number of hydrogen-bond donors (Lipinski definition) is 2. The second-order valence-electron chi connectivity index (χ2n) is 8.82. The molecule has 36 heavy (non-hydrogen) atoms. The fraction of sp³-hybridized carbons (Fsp3) is 0.214. The third-order valence-electron chi connectivity index (χ3n) is 5.69. The summed E-state index contributed by atoms with van der Waals surface area (Å²) in [6.07, 6.45) is 1.01. The Morgan fingerprint density at radius 1 is 1.06 bits per heavy atom. The highest BCUT2D eigenvalue weighted by atomic mass is 19.1. The molecular weight excluding hydrogens is 461 g/mol. The molecule has 2 heterocycles. The van der Waals surface area contributed by atoms with E-state index in [2.05, 4.69) is 0 Å². The van der Waals surface area contributed by atoms with E-state index in [0.717, 1.165) is 16.6 Å². The van der Waals surface area contributed by atoms with Crippen molar-refractivity contribution < 1.29 is 24.2 Å². The zero-order chi connectivity index (χ0) is 25.8. The molecule has 1 unspecified atom stereocenters. The number of carbonyl (C=O) groups excluding carboxylic acids is 1. The first-order valence-corrected chi connectivity index (χ1v) is 11.6. The standard InChI is InChI=1S/C28H26FN3O4/c1-17(2)27-23(13-12-21(33)15-22(34)16-26(35)36)28(19-7-10-20(29)11-8-19)32(31-27)25-14-9-18-5-3-4-6-24(18)30-25/h3-14,17,21,33H,15-16H2,1-2H3,(H,35,36)/b13-12+. The molecule has 2 aromatic carbocycles. The Hall–Kier alpha value is -4.17. The molecule has 2 N–H and O–H groups in total. The minimum absolute atomic E-state index is 0.00339. The summed E-state index contributed by atoms with van der Waals surface area (Å²) >= 11 is 0. The van der Waals surface area contributed by atoms with Gasteiger partial charge in [-0.2, -0.15) is 5.10 Å². The van der Waals surface area contributed by atoms with Crippen LogP contribution in [-0.4, -0.2) is 42.8 Å². The summed E-state index contributed by atoms with van der Waals surface area (Å²) in [6.45, 7) is 3.97. The van der Waals surface area contributed by atoms with E-state index in [1.807, 2.05) is 50.2 Å². The zero-order valence-corrected chi connectivity index (χ0v) is 19.9. The number of carboxylic acids is 1. The monoisotopic (exact) mass is 487 g/mol. The number of aliphatic hydroxyl groups is 1. The van der Waals surface area contributed by atoms with Crippen molar-refractivity contribution in [3.63, 3.8) is 0 Å². The highest BCUT2D eigenvalue weighted by molar-refractivity contribution is 5.95. The number of aromatic nitrogens is 3. The van der Waals surface area contributed by atoms with E-state index in [4.69, 9.17) is 15.2 Å². The number of ketones is 1. The first-order chi connectivity index (χ1) is 17.2. The van der Waals surface area contributed by atoms with E-state index in [-0.39, 0.29) is 18.2 Å². The fourth-order valence-corrected chi connectivity index (χ4v) is 4.01. The van der Waals surface area contributed by atoms with Gasteiger partial charge in [0.05, 0.1) is 23.0 Å². The number of aliphatic hydroxyl groups excluding tert-OH is 1. The lowest BCUT2D eigenvalue weighted by Gasteiger charge is -2.10. The Bertz CT molecular complexity index is 1440.